The normalized spacial score (nSPS) is 16.3. The van der Waals surface area contributed by atoms with Gasteiger partial charge in [-0.2, -0.15) is 0 Å². The monoisotopic (exact) mass is 397 g/mol. The van der Waals surface area contributed by atoms with Crippen LogP contribution < -0.4 is 15.5 Å². The van der Waals surface area contributed by atoms with Crippen LogP contribution in [-0.2, 0) is 22.6 Å². The average Bonchev–Trinajstić information content (AvgIpc) is 2.73. The summed E-state index contributed by atoms with van der Waals surface area (Å²) < 4.78 is 11.5. The highest BCUT2D eigenvalue weighted by Crippen LogP contribution is 2.16. The van der Waals surface area contributed by atoms with Gasteiger partial charge in [-0.1, -0.05) is 24.3 Å². The van der Waals surface area contributed by atoms with Gasteiger partial charge >= 0.3 is 6.03 Å². The molecule has 0 saturated carbocycles. The number of amides is 2. The molecule has 1 heterocycles. The second-order valence-corrected chi connectivity index (χ2v) is 7.58. The quantitative estimate of drug-likeness (QED) is 0.702. The molecule has 2 aromatic rings. The topological polar surface area (TPSA) is 62.8 Å². The van der Waals surface area contributed by atoms with Crippen LogP contribution in [0.2, 0.25) is 0 Å². The lowest BCUT2D eigenvalue weighted by Crippen LogP contribution is -2.28. The maximum absolute atomic E-state index is 12.3. The van der Waals surface area contributed by atoms with E-state index >= 15 is 0 Å². The Bertz CT molecular complexity index is 788. The first-order chi connectivity index (χ1) is 14.1. The molecule has 1 saturated heterocycles. The molecule has 0 aromatic heterocycles. The van der Waals surface area contributed by atoms with E-state index in [9.17, 15) is 4.79 Å². The van der Waals surface area contributed by atoms with Crippen LogP contribution in [0.15, 0.2) is 48.5 Å². The van der Waals surface area contributed by atoms with Gasteiger partial charge in [0, 0.05) is 38.6 Å². The van der Waals surface area contributed by atoms with Crippen LogP contribution in [0.5, 0.6) is 0 Å². The molecular formula is C23H31N3O3. The Balaban J connectivity index is 1.44. The smallest absolute Gasteiger partial charge is 0.319 e. The standard InChI is InChI=1S/C23H31N3O3/c1-26(2)21-10-6-7-18(14-21)15-24-23(27)25-20-9-5-8-19(13-20)16-28-17-22-11-3-4-12-29-22/h5-10,13-14,22H,3-4,11-12,15-17H2,1-2H3,(H2,24,25,27). The van der Waals surface area contributed by atoms with E-state index in [0.29, 0.717) is 19.8 Å². The first-order valence-corrected chi connectivity index (χ1v) is 10.2. The number of anilines is 2. The lowest BCUT2D eigenvalue weighted by Gasteiger charge is -2.22. The molecule has 1 aliphatic rings. The van der Waals surface area contributed by atoms with Crippen molar-refractivity contribution in [1.82, 2.24) is 5.32 Å². The molecule has 2 N–H and O–H groups in total. The van der Waals surface area contributed by atoms with Crippen molar-refractivity contribution in [3.05, 3.63) is 59.7 Å². The number of ether oxygens (including phenoxy) is 2. The minimum atomic E-state index is -0.228. The minimum Gasteiger partial charge on any atom is -0.378 e. The number of carbonyl (C=O) groups excluding carboxylic acids is 1. The molecule has 1 fully saturated rings. The highest BCUT2D eigenvalue weighted by molar-refractivity contribution is 5.89. The van der Waals surface area contributed by atoms with Crippen molar-refractivity contribution in [1.29, 1.82) is 0 Å². The Labute approximate surface area is 173 Å². The highest BCUT2D eigenvalue weighted by atomic mass is 16.5. The molecule has 1 atom stereocenters. The molecule has 2 amide bonds. The van der Waals surface area contributed by atoms with Gasteiger partial charge in [0.15, 0.2) is 0 Å². The third-order valence-electron chi connectivity index (χ3n) is 4.91. The van der Waals surface area contributed by atoms with Crippen molar-refractivity contribution in [2.24, 2.45) is 0 Å². The predicted molar refractivity (Wildman–Crippen MR) is 116 cm³/mol. The van der Waals surface area contributed by atoms with Crippen LogP contribution in [0.25, 0.3) is 0 Å². The maximum Gasteiger partial charge on any atom is 0.319 e. The van der Waals surface area contributed by atoms with Gasteiger partial charge in [0.2, 0.25) is 0 Å². The first-order valence-electron chi connectivity index (χ1n) is 10.2. The summed E-state index contributed by atoms with van der Waals surface area (Å²) in [6.07, 6.45) is 3.64. The van der Waals surface area contributed by atoms with Crippen molar-refractivity contribution in [2.45, 2.75) is 38.5 Å². The third kappa shape index (κ3) is 7.07. The molecule has 1 unspecified atom stereocenters. The van der Waals surface area contributed by atoms with Crippen LogP contribution in [0.1, 0.15) is 30.4 Å². The summed E-state index contributed by atoms with van der Waals surface area (Å²) in [5, 5.41) is 5.79. The fourth-order valence-electron chi connectivity index (χ4n) is 3.29. The summed E-state index contributed by atoms with van der Waals surface area (Å²) in [4.78, 5) is 14.3. The van der Waals surface area contributed by atoms with E-state index in [1.165, 1.54) is 6.42 Å². The molecule has 1 aliphatic heterocycles. The number of benzene rings is 2. The minimum absolute atomic E-state index is 0.210. The molecule has 156 valence electrons. The fraction of sp³-hybridized carbons (Fsp3) is 0.435. The Hall–Kier alpha value is -2.57. The molecule has 3 rings (SSSR count). The van der Waals surface area contributed by atoms with E-state index in [1.807, 2.05) is 61.5 Å². The molecule has 29 heavy (non-hydrogen) atoms. The second kappa shape index (κ2) is 10.8. The second-order valence-electron chi connectivity index (χ2n) is 7.58. The Morgan fingerprint density at radius 1 is 1.14 bits per heavy atom. The van der Waals surface area contributed by atoms with Gasteiger partial charge in [0.1, 0.15) is 0 Å². The van der Waals surface area contributed by atoms with E-state index in [2.05, 4.69) is 16.7 Å². The van der Waals surface area contributed by atoms with E-state index in [1.54, 1.807) is 0 Å². The summed E-state index contributed by atoms with van der Waals surface area (Å²) >= 11 is 0. The van der Waals surface area contributed by atoms with Crippen LogP contribution in [0, 0.1) is 0 Å². The Morgan fingerprint density at radius 2 is 1.97 bits per heavy atom. The summed E-state index contributed by atoms with van der Waals surface area (Å²) in [7, 11) is 4.00. The van der Waals surface area contributed by atoms with Gasteiger partial charge in [-0.25, -0.2) is 4.79 Å². The largest absolute Gasteiger partial charge is 0.378 e. The van der Waals surface area contributed by atoms with Gasteiger partial charge in [-0.05, 0) is 54.7 Å². The fourth-order valence-corrected chi connectivity index (χ4v) is 3.29. The van der Waals surface area contributed by atoms with Crippen LogP contribution in [0.4, 0.5) is 16.2 Å². The number of carbonyl (C=O) groups is 1. The summed E-state index contributed by atoms with van der Waals surface area (Å²) in [6.45, 7) is 2.43. The SMILES string of the molecule is CN(C)c1cccc(CNC(=O)Nc2cccc(COCC3CCCCO3)c2)c1. The van der Waals surface area contributed by atoms with E-state index in [4.69, 9.17) is 9.47 Å². The highest BCUT2D eigenvalue weighted by Gasteiger charge is 2.13. The zero-order valence-electron chi connectivity index (χ0n) is 17.3. The number of nitrogens with zero attached hydrogens (tertiary/aromatic N) is 1. The summed E-state index contributed by atoms with van der Waals surface area (Å²) in [5.74, 6) is 0. The molecule has 6 heteroatoms. The van der Waals surface area contributed by atoms with E-state index in [-0.39, 0.29) is 12.1 Å². The number of rotatable bonds is 8. The molecule has 0 bridgehead atoms. The summed E-state index contributed by atoms with van der Waals surface area (Å²) in [5.41, 5.74) is 3.94. The number of urea groups is 1. The van der Waals surface area contributed by atoms with Gasteiger partial charge in [-0.3, -0.25) is 0 Å². The molecule has 6 nitrogen and oxygen atoms in total. The molecule has 0 spiro atoms. The number of nitrogens with one attached hydrogen (secondary N) is 2. The van der Waals surface area contributed by atoms with Gasteiger partial charge in [-0.15, -0.1) is 0 Å². The number of hydrogen-bond donors (Lipinski definition) is 2. The van der Waals surface area contributed by atoms with Crippen LogP contribution in [-0.4, -0.2) is 39.4 Å². The molecule has 2 aromatic carbocycles. The maximum atomic E-state index is 12.3. The Morgan fingerprint density at radius 3 is 2.76 bits per heavy atom. The lowest BCUT2D eigenvalue weighted by atomic mass is 10.1. The van der Waals surface area contributed by atoms with Crippen molar-refractivity contribution in [3.63, 3.8) is 0 Å². The number of hydrogen-bond acceptors (Lipinski definition) is 4. The van der Waals surface area contributed by atoms with E-state index < -0.39 is 0 Å². The van der Waals surface area contributed by atoms with Crippen LogP contribution >= 0.6 is 0 Å². The summed E-state index contributed by atoms with van der Waals surface area (Å²) in [6, 6.07) is 15.6. The molecule has 0 aliphatic carbocycles. The molecular weight excluding hydrogens is 366 g/mol. The van der Waals surface area contributed by atoms with Gasteiger partial charge < -0.3 is 25.0 Å². The van der Waals surface area contributed by atoms with Gasteiger partial charge in [0.05, 0.1) is 19.3 Å². The van der Waals surface area contributed by atoms with E-state index in [0.717, 1.165) is 42.0 Å². The van der Waals surface area contributed by atoms with Crippen molar-refractivity contribution >= 4 is 17.4 Å². The van der Waals surface area contributed by atoms with Crippen LogP contribution in [0.3, 0.4) is 0 Å². The average molecular weight is 398 g/mol. The van der Waals surface area contributed by atoms with Gasteiger partial charge in [0.25, 0.3) is 0 Å². The van der Waals surface area contributed by atoms with Crippen molar-refractivity contribution < 1.29 is 14.3 Å². The lowest BCUT2D eigenvalue weighted by molar-refractivity contribution is -0.0447. The zero-order valence-corrected chi connectivity index (χ0v) is 17.3. The van der Waals surface area contributed by atoms with Crippen molar-refractivity contribution in [3.8, 4) is 0 Å². The third-order valence-corrected chi connectivity index (χ3v) is 4.91. The Kier molecular flexibility index (Phi) is 7.90. The van der Waals surface area contributed by atoms with Crippen molar-refractivity contribution in [2.75, 3.05) is 37.5 Å². The molecule has 0 radical (unpaired) electrons. The zero-order chi connectivity index (χ0) is 20.5. The predicted octanol–water partition coefficient (Wildman–Crippen LogP) is 4.16. The first kappa shape index (κ1) is 21.1.